The number of carbonyl (C=O) groups is 1. The quantitative estimate of drug-likeness (QED) is 0.382. The number of esters is 1. The molecule has 0 saturated heterocycles. The number of hydrogen-bond acceptors (Lipinski definition) is 4. The van der Waals surface area contributed by atoms with E-state index in [1.165, 1.54) is 6.07 Å². The summed E-state index contributed by atoms with van der Waals surface area (Å²) < 4.78 is 10.6. The first-order valence-corrected chi connectivity index (χ1v) is 8.45. The maximum atomic E-state index is 12.0. The van der Waals surface area contributed by atoms with Crippen LogP contribution in [0.15, 0.2) is 57.7 Å². The molecule has 5 heteroatoms. The summed E-state index contributed by atoms with van der Waals surface area (Å²) in [5.41, 5.74) is 1.94. The lowest BCUT2D eigenvalue weighted by Gasteiger charge is -2.07. The van der Waals surface area contributed by atoms with Crippen molar-refractivity contribution in [1.82, 2.24) is 0 Å². The molecule has 2 aromatic carbocycles. The Morgan fingerprint density at radius 2 is 1.88 bits per heavy atom. The molecule has 0 aliphatic heterocycles. The zero-order valence-electron chi connectivity index (χ0n) is 13.8. The van der Waals surface area contributed by atoms with Crippen LogP contribution < -0.4 is 10.4 Å². The lowest BCUT2D eigenvalue weighted by molar-refractivity contribution is -0.134. The molecule has 0 aliphatic rings. The Morgan fingerprint density at radius 3 is 2.60 bits per heavy atom. The first-order valence-electron chi connectivity index (χ1n) is 8.07. The number of fused-ring (bicyclic) bond motifs is 1. The van der Waals surface area contributed by atoms with Crippen molar-refractivity contribution in [3.63, 3.8) is 0 Å². The lowest BCUT2D eigenvalue weighted by atomic mass is 10.1. The van der Waals surface area contributed by atoms with Crippen molar-refractivity contribution in [2.75, 3.05) is 0 Å². The van der Waals surface area contributed by atoms with E-state index in [9.17, 15) is 9.59 Å². The molecule has 0 bridgehead atoms. The fourth-order valence-corrected chi connectivity index (χ4v) is 2.77. The Balaban J connectivity index is 1.70. The molecule has 128 valence electrons. The van der Waals surface area contributed by atoms with Crippen LogP contribution in [-0.4, -0.2) is 5.97 Å². The Labute approximate surface area is 150 Å². The first kappa shape index (κ1) is 17.2. The highest BCUT2D eigenvalue weighted by Crippen LogP contribution is 2.23. The van der Waals surface area contributed by atoms with Gasteiger partial charge < -0.3 is 9.15 Å². The molecule has 0 aliphatic carbocycles. The molecular formula is C20H17ClO4. The van der Waals surface area contributed by atoms with Crippen molar-refractivity contribution in [1.29, 1.82) is 0 Å². The molecule has 0 spiro atoms. The Bertz CT molecular complexity index is 958. The number of benzene rings is 2. The van der Waals surface area contributed by atoms with Gasteiger partial charge in [-0.15, -0.1) is 0 Å². The third-order valence-electron chi connectivity index (χ3n) is 3.95. The Kier molecular flexibility index (Phi) is 5.19. The van der Waals surface area contributed by atoms with Crippen LogP contribution in [0.5, 0.6) is 5.75 Å². The summed E-state index contributed by atoms with van der Waals surface area (Å²) in [7, 11) is 0. The molecule has 3 aromatic rings. The minimum atomic E-state index is -0.407. The molecule has 0 N–H and O–H groups in total. The Hall–Kier alpha value is -2.59. The molecule has 0 atom stereocenters. The molecule has 0 amide bonds. The number of halogens is 1. The van der Waals surface area contributed by atoms with E-state index < -0.39 is 5.63 Å². The number of aryl methyl sites for hydroxylation is 2. The van der Waals surface area contributed by atoms with Gasteiger partial charge in [-0.3, -0.25) is 4.79 Å². The lowest BCUT2D eigenvalue weighted by Crippen LogP contribution is -2.09. The predicted molar refractivity (Wildman–Crippen MR) is 97.3 cm³/mol. The molecule has 1 heterocycles. The van der Waals surface area contributed by atoms with Gasteiger partial charge in [0.15, 0.2) is 0 Å². The summed E-state index contributed by atoms with van der Waals surface area (Å²) in [6.07, 6.45) is 1.54. The van der Waals surface area contributed by atoms with E-state index in [-0.39, 0.29) is 12.4 Å². The van der Waals surface area contributed by atoms with Crippen molar-refractivity contribution in [3.05, 3.63) is 75.1 Å². The molecule has 0 unspecified atom stereocenters. The minimum Gasteiger partial charge on any atom is -0.426 e. The van der Waals surface area contributed by atoms with Crippen LogP contribution in [0.25, 0.3) is 11.0 Å². The summed E-state index contributed by atoms with van der Waals surface area (Å²) >= 11 is 5.84. The van der Waals surface area contributed by atoms with Crippen molar-refractivity contribution >= 4 is 28.5 Å². The highest BCUT2D eigenvalue weighted by atomic mass is 35.5. The second kappa shape index (κ2) is 7.53. The van der Waals surface area contributed by atoms with Gasteiger partial charge >= 0.3 is 11.6 Å². The van der Waals surface area contributed by atoms with E-state index in [0.29, 0.717) is 22.8 Å². The number of hydrogen-bond donors (Lipinski definition) is 0. The average molecular weight is 357 g/mol. The second-order valence-corrected chi connectivity index (χ2v) is 6.14. The maximum absolute atomic E-state index is 12.0. The molecule has 4 nitrogen and oxygen atoms in total. The fraction of sp³-hybridized carbons (Fsp3) is 0.200. The highest BCUT2D eigenvalue weighted by Gasteiger charge is 2.09. The van der Waals surface area contributed by atoms with E-state index in [1.54, 1.807) is 30.3 Å². The van der Waals surface area contributed by atoms with Crippen LogP contribution in [-0.2, 0) is 17.6 Å². The predicted octanol–water partition coefficient (Wildman–Crippen LogP) is 4.55. The summed E-state index contributed by atoms with van der Waals surface area (Å²) in [5, 5.41) is 1.51. The van der Waals surface area contributed by atoms with Crippen molar-refractivity contribution < 1.29 is 13.9 Å². The molecular weight excluding hydrogens is 340 g/mol. The summed E-state index contributed by atoms with van der Waals surface area (Å²) in [4.78, 5) is 23.6. The summed E-state index contributed by atoms with van der Waals surface area (Å²) in [6, 6.07) is 13.9. The van der Waals surface area contributed by atoms with Crippen LogP contribution in [0.2, 0.25) is 5.02 Å². The van der Waals surface area contributed by atoms with E-state index in [2.05, 4.69) is 0 Å². The van der Waals surface area contributed by atoms with Gasteiger partial charge in [0.25, 0.3) is 0 Å². The zero-order valence-corrected chi connectivity index (χ0v) is 14.5. The van der Waals surface area contributed by atoms with E-state index in [1.807, 2.05) is 19.1 Å². The monoisotopic (exact) mass is 356 g/mol. The number of rotatable bonds is 5. The average Bonchev–Trinajstić information content (AvgIpc) is 2.60. The topological polar surface area (TPSA) is 56.5 Å². The first-order chi connectivity index (χ1) is 12.0. The third-order valence-corrected chi connectivity index (χ3v) is 4.20. The Morgan fingerprint density at radius 1 is 1.12 bits per heavy atom. The minimum absolute atomic E-state index is 0.249. The van der Waals surface area contributed by atoms with Gasteiger partial charge in [0, 0.05) is 29.0 Å². The number of ether oxygens (including phenoxy) is 1. The summed E-state index contributed by atoms with van der Waals surface area (Å²) in [6.45, 7) is 1.97. The van der Waals surface area contributed by atoms with Crippen molar-refractivity contribution in [3.8, 4) is 5.75 Å². The SMILES string of the molecule is CCc1cc(=O)oc2cc(OC(=O)CCc3ccc(Cl)cc3)ccc12. The van der Waals surface area contributed by atoms with Gasteiger partial charge in [0.05, 0.1) is 0 Å². The molecule has 3 rings (SSSR count). The van der Waals surface area contributed by atoms with Crippen LogP contribution in [0.3, 0.4) is 0 Å². The second-order valence-electron chi connectivity index (χ2n) is 5.70. The van der Waals surface area contributed by atoms with Gasteiger partial charge in [-0.2, -0.15) is 0 Å². The maximum Gasteiger partial charge on any atom is 0.336 e. The third kappa shape index (κ3) is 4.28. The molecule has 0 radical (unpaired) electrons. The largest absolute Gasteiger partial charge is 0.426 e. The highest BCUT2D eigenvalue weighted by molar-refractivity contribution is 6.30. The normalized spacial score (nSPS) is 10.8. The zero-order chi connectivity index (χ0) is 17.8. The smallest absolute Gasteiger partial charge is 0.336 e. The standard InChI is InChI=1S/C20H17ClO4/c1-2-14-11-20(23)25-18-12-16(8-9-17(14)18)24-19(22)10-5-13-3-6-15(21)7-4-13/h3-4,6-9,11-12H,2,5,10H2,1H3. The molecule has 0 fully saturated rings. The van der Waals surface area contributed by atoms with Crippen LogP contribution in [0, 0.1) is 0 Å². The molecule has 1 aromatic heterocycles. The van der Waals surface area contributed by atoms with Gasteiger partial charge in [-0.1, -0.05) is 30.7 Å². The molecule has 25 heavy (non-hydrogen) atoms. The van der Waals surface area contributed by atoms with E-state index in [0.717, 1.165) is 22.9 Å². The summed E-state index contributed by atoms with van der Waals surface area (Å²) in [5.74, 6) is 0.0216. The van der Waals surface area contributed by atoms with Crippen LogP contribution in [0.1, 0.15) is 24.5 Å². The van der Waals surface area contributed by atoms with Crippen molar-refractivity contribution in [2.24, 2.45) is 0 Å². The van der Waals surface area contributed by atoms with Gasteiger partial charge in [-0.25, -0.2) is 4.79 Å². The van der Waals surface area contributed by atoms with E-state index in [4.69, 9.17) is 20.8 Å². The van der Waals surface area contributed by atoms with E-state index >= 15 is 0 Å². The van der Waals surface area contributed by atoms with Gasteiger partial charge in [-0.05, 0) is 48.2 Å². The van der Waals surface area contributed by atoms with Crippen LogP contribution >= 0.6 is 11.6 Å². The number of carbonyl (C=O) groups excluding carboxylic acids is 1. The van der Waals surface area contributed by atoms with Crippen LogP contribution in [0.4, 0.5) is 0 Å². The molecule has 0 saturated carbocycles. The van der Waals surface area contributed by atoms with Gasteiger partial charge in [0.1, 0.15) is 11.3 Å². The fourth-order valence-electron chi connectivity index (χ4n) is 2.65. The van der Waals surface area contributed by atoms with Gasteiger partial charge in [0.2, 0.25) is 0 Å². The van der Waals surface area contributed by atoms with Crippen molar-refractivity contribution in [2.45, 2.75) is 26.2 Å².